The molecule has 1 aromatic rings. The number of rotatable bonds is 7. The van der Waals surface area contributed by atoms with Gasteiger partial charge >= 0.3 is 5.97 Å². The molecule has 0 aromatic heterocycles. The van der Waals surface area contributed by atoms with Crippen LogP contribution in [0.4, 0.5) is 0 Å². The van der Waals surface area contributed by atoms with Crippen molar-refractivity contribution in [2.45, 2.75) is 18.2 Å². The number of halogens is 1. The second kappa shape index (κ2) is 7.16. The molecular weight excluding hydrogens is 350 g/mol. The summed E-state index contributed by atoms with van der Waals surface area (Å²) < 4.78 is 26.3. The van der Waals surface area contributed by atoms with Crippen LogP contribution >= 0.6 is 15.9 Å². The molecule has 0 spiro atoms. The summed E-state index contributed by atoms with van der Waals surface area (Å²) in [5, 5.41) is 18.0. The second-order valence-electron chi connectivity index (χ2n) is 4.07. The Morgan fingerprint density at radius 1 is 1.35 bits per heavy atom. The van der Waals surface area contributed by atoms with E-state index in [0.717, 1.165) is 10.4 Å². The Morgan fingerprint density at radius 3 is 2.50 bits per heavy atom. The zero-order valence-corrected chi connectivity index (χ0v) is 13.3. The average Bonchev–Trinajstić information content (AvgIpc) is 2.38. The molecule has 0 heterocycles. The monoisotopic (exact) mass is 365 g/mol. The maximum atomic E-state index is 12.4. The highest BCUT2D eigenvalue weighted by Crippen LogP contribution is 2.23. The number of aliphatic hydroxyl groups is 1. The van der Waals surface area contributed by atoms with Crippen LogP contribution in [0.25, 0.3) is 0 Å². The van der Waals surface area contributed by atoms with Gasteiger partial charge in [-0.25, -0.2) is 13.2 Å². The molecule has 0 aliphatic rings. The number of aliphatic hydroxyl groups excluding tert-OH is 1. The first-order valence-electron chi connectivity index (χ1n) is 5.98. The van der Waals surface area contributed by atoms with Gasteiger partial charge in [0.15, 0.2) is 0 Å². The van der Waals surface area contributed by atoms with Crippen molar-refractivity contribution in [3.63, 3.8) is 0 Å². The molecule has 8 heteroatoms. The van der Waals surface area contributed by atoms with Gasteiger partial charge in [-0.1, -0.05) is 6.92 Å². The van der Waals surface area contributed by atoms with Crippen molar-refractivity contribution in [1.82, 2.24) is 4.31 Å². The van der Waals surface area contributed by atoms with Crippen LogP contribution in [0.5, 0.6) is 0 Å². The molecule has 1 rings (SSSR count). The van der Waals surface area contributed by atoms with Gasteiger partial charge in [0.05, 0.1) is 17.1 Å². The van der Waals surface area contributed by atoms with Gasteiger partial charge < -0.3 is 10.2 Å². The number of sulfonamides is 1. The lowest BCUT2D eigenvalue weighted by Crippen LogP contribution is -2.34. The number of aromatic carboxylic acids is 1. The normalized spacial score (nSPS) is 11.8. The Kier molecular flexibility index (Phi) is 6.12. The third-order valence-corrected chi connectivity index (χ3v) is 5.21. The fourth-order valence-corrected chi connectivity index (χ4v) is 3.66. The van der Waals surface area contributed by atoms with Crippen LogP contribution in [0.15, 0.2) is 27.6 Å². The number of benzene rings is 1. The smallest absolute Gasteiger partial charge is 0.336 e. The van der Waals surface area contributed by atoms with Gasteiger partial charge in [0.1, 0.15) is 0 Å². The summed E-state index contributed by atoms with van der Waals surface area (Å²) in [6.07, 6.45) is 0.599. The van der Waals surface area contributed by atoms with E-state index >= 15 is 0 Å². The Labute approximate surface area is 126 Å². The molecule has 6 nitrogen and oxygen atoms in total. The number of hydrogen-bond donors (Lipinski definition) is 2. The molecule has 0 bridgehead atoms. The van der Waals surface area contributed by atoms with E-state index in [4.69, 9.17) is 10.2 Å². The topological polar surface area (TPSA) is 94.9 Å². The highest BCUT2D eigenvalue weighted by molar-refractivity contribution is 9.10. The number of carbonyl (C=O) groups is 1. The first-order chi connectivity index (χ1) is 9.34. The van der Waals surface area contributed by atoms with E-state index in [-0.39, 0.29) is 30.2 Å². The van der Waals surface area contributed by atoms with E-state index < -0.39 is 16.0 Å². The molecule has 0 amide bonds. The summed E-state index contributed by atoms with van der Waals surface area (Å²) in [6, 6.07) is 3.84. The summed E-state index contributed by atoms with van der Waals surface area (Å²) in [5.74, 6) is -1.21. The molecule has 20 heavy (non-hydrogen) atoms. The van der Waals surface area contributed by atoms with Gasteiger partial charge in [0.25, 0.3) is 0 Å². The highest BCUT2D eigenvalue weighted by atomic mass is 79.9. The largest absolute Gasteiger partial charge is 0.478 e. The van der Waals surface area contributed by atoms with Crippen LogP contribution in [0.2, 0.25) is 0 Å². The van der Waals surface area contributed by atoms with E-state index in [1.54, 1.807) is 0 Å². The first-order valence-corrected chi connectivity index (χ1v) is 8.21. The number of carboxylic acids is 1. The van der Waals surface area contributed by atoms with Crippen molar-refractivity contribution >= 4 is 31.9 Å². The minimum absolute atomic E-state index is 0.0192. The van der Waals surface area contributed by atoms with Crippen molar-refractivity contribution in [1.29, 1.82) is 0 Å². The van der Waals surface area contributed by atoms with Crippen molar-refractivity contribution < 1.29 is 23.4 Å². The third-order valence-electron chi connectivity index (χ3n) is 2.63. The SMILES string of the molecule is CCCN(CCO)S(=O)(=O)c1ccc(Br)c(C(=O)O)c1. The summed E-state index contributed by atoms with van der Waals surface area (Å²) in [7, 11) is -3.81. The van der Waals surface area contributed by atoms with Gasteiger partial charge in [-0.05, 0) is 40.5 Å². The van der Waals surface area contributed by atoms with Crippen molar-refractivity contribution in [2.75, 3.05) is 19.7 Å². The van der Waals surface area contributed by atoms with E-state index in [9.17, 15) is 13.2 Å². The molecule has 0 aliphatic carbocycles. The highest BCUT2D eigenvalue weighted by Gasteiger charge is 2.25. The second-order valence-corrected chi connectivity index (χ2v) is 6.87. The van der Waals surface area contributed by atoms with Crippen LogP contribution in [0, 0.1) is 0 Å². The molecule has 112 valence electrons. The van der Waals surface area contributed by atoms with Crippen LogP contribution in [0.1, 0.15) is 23.7 Å². The van der Waals surface area contributed by atoms with Gasteiger partial charge in [-0.3, -0.25) is 0 Å². The predicted octanol–water partition coefficient (Wildman–Crippen LogP) is 1.54. The molecule has 0 fully saturated rings. The fourth-order valence-electron chi connectivity index (χ4n) is 1.69. The molecule has 1 aromatic carbocycles. The number of nitrogens with zero attached hydrogens (tertiary/aromatic N) is 1. The maximum Gasteiger partial charge on any atom is 0.336 e. The van der Waals surface area contributed by atoms with Crippen LogP contribution in [-0.2, 0) is 10.0 Å². The Bertz CT molecular complexity index is 582. The van der Waals surface area contributed by atoms with Crippen LogP contribution < -0.4 is 0 Å². The maximum absolute atomic E-state index is 12.4. The Balaban J connectivity index is 3.26. The Hall–Kier alpha value is -0.960. The lowest BCUT2D eigenvalue weighted by atomic mass is 10.2. The Morgan fingerprint density at radius 2 is 2.00 bits per heavy atom. The molecule has 0 saturated heterocycles. The van der Waals surface area contributed by atoms with Crippen molar-refractivity contribution in [3.05, 3.63) is 28.2 Å². The lowest BCUT2D eigenvalue weighted by Gasteiger charge is -2.20. The first kappa shape index (κ1) is 17.1. The summed E-state index contributed by atoms with van der Waals surface area (Å²) >= 11 is 3.07. The molecule has 2 N–H and O–H groups in total. The minimum atomic E-state index is -3.81. The molecule has 0 aliphatic heterocycles. The van der Waals surface area contributed by atoms with Gasteiger partial charge in [-0.15, -0.1) is 0 Å². The van der Waals surface area contributed by atoms with Crippen molar-refractivity contribution in [3.8, 4) is 0 Å². The molecule has 0 saturated carbocycles. The number of hydrogen-bond acceptors (Lipinski definition) is 4. The predicted molar refractivity (Wildman–Crippen MR) is 77.2 cm³/mol. The van der Waals surface area contributed by atoms with E-state index in [2.05, 4.69) is 15.9 Å². The molecular formula is C12H16BrNO5S. The summed E-state index contributed by atoms with van der Waals surface area (Å²) in [5.41, 5.74) is -0.119. The van der Waals surface area contributed by atoms with Gasteiger partial charge in [-0.2, -0.15) is 4.31 Å². The molecule has 0 unspecified atom stereocenters. The average molecular weight is 366 g/mol. The summed E-state index contributed by atoms with van der Waals surface area (Å²) in [4.78, 5) is 10.9. The van der Waals surface area contributed by atoms with E-state index in [0.29, 0.717) is 10.9 Å². The molecule has 0 radical (unpaired) electrons. The quantitative estimate of drug-likeness (QED) is 0.763. The third kappa shape index (κ3) is 3.78. The fraction of sp³-hybridized carbons (Fsp3) is 0.417. The zero-order chi connectivity index (χ0) is 15.3. The molecule has 0 atom stereocenters. The standard InChI is InChI=1S/C12H16BrNO5S/c1-2-5-14(6-7-15)20(18,19)9-3-4-11(13)10(8-9)12(16)17/h3-4,8,15H,2,5-7H2,1H3,(H,16,17). The van der Waals surface area contributed by atoms with Gasteiger partial charge in [0, 0.05) is 17.6 Å². The van der Waals surface area contributed by atoms with Crippen LogP contribution in [-0.4, -0.2) is 48.6 Å². The minimum Gasteiger partial charge on any atom is -0.478 e. The lowest BCUT2D eigenvalue weighted by molar-refractivity contribution is 0.0695. The van der Waals surface area contributed by atoms with E-state index in [1.165, 1.54) is 12.1 Å². The van der Waals surface area contributed by atoms with Crippen LogP contribution in [0.3, 0.4) is 0 Å². The zero-order valence-electron chi connectivity index (χ0n) is 10.9. The van der Waals surface area contributed by atoms with E-state index in [1.807, 2.05) is 6.92 Å². The summed E-state index contributed by atoms with van der Waals surface area (Å²) in [6.45, 7) is 1.78. The van der Waals surface area contributed by atoms with Crippen molar-refractivity contribution in [2.24, 2.45) is 0 Å². The number of carboxylic acid groups (broad SMARTS) is 1. The van der Waals surface area contributed by atoms with Gasteiger partial charge in [0.2, 0.25) is 10.0 Å².